The van der Waals surface area contributed by atoms with Crippen molar-refractivity contribution in [1.82, 2.24) is 19.8 Å². The normalized spacial score (nSPS) is 15.7. The van der Waals surface area contributed by atoms with Gasteiger partial charge in [0.05, 0.1) is 4.90 Å². The first-order chi connectivity index (χ1) is 14.5. The molecule has 3 aromatic rings. The highest BCUT2D eigenvalue weighted by Gasteiger charge is 2.25. The summed E-state index contributed by atoms with van der Waals surface area (Å²) in [6, 6.07) is 16.1. The summed E-state index contributed by atoms with van der Waals surface area (Å²) in [6.07, 6.45) is 5.52. The van der Waals surface area contributed by atoms with E-state index >= 15 is 0 Å². The standard InChI is InChI=1S/C22H24N4O3S/c27-22(17-6-2-1-3-7-17)25-20-14-18-8-9-21(16-19(18)15-20)30(28,29)24-11-5-13-26-12-4-10-23-26/h1-4,6-10,12,16,20,24H,5,11,13-15H2,(H,25,27). The zero-order chi connectivity index (χ0) is 21.0. The van der Waals surface area contributed by atoms with Crippen molar-refractivity contribution in [3.05, 3.63) is 83.7 Å². The predicted octanol–water partition coefficient (Wildman–Crippen LogP) is 2.15. The summed E-state index contributed by atoms with van der Waals surface area (Å²) in [5.74, 6) is -0.111. The van der Waals surface area contributed by atoms with Crippen LogP contribution < -0.4 is 10.0 Å². The van der Waals surface area contributed by atoms with Gasteiger partial charge in [0.1, 0.15) is 0 Å². The fourth-order valence-corrected chi connectivity index (χ4v) is 4.81. The quantitative estimate of drug-likeness (QED) is 0.542. The lowest BCUT2D eigenvalue weighted by molar-refractivity contribution is 0.0938. The first kappa shape index (κ1) is 20.3. The van der Waals surface area contributed by atoms with E-state index in [9.17, 15) is 13.2 Å². The Hall–Kier alpha value is -2.97. The number of nitrogens with zero attached hydrogens (tertiary/aromatic N) is 2. The molecule has 1 aliphatic rings. The van der Waals surface area contributed by atoms with Crippen molar-refractivity contribution in [3.63, 3.8) is 0 Å². The lowest BCUT2D eigenvalue weighted by Gasteiger charge is -2.11. The Morgan fingerprint density at radius 2 is 1.87 bits per heavy atom. The highest BCUT2D eigenvalue weighted by Crippen LogP contribution is 2.25. The van der Waals surface area contributed by atoms with Gasteiger partial charge in [0.15, 0.2) is 0 Å². The third kappa shape index (κ3) is 4.77. The summed E-state index contributed by atoms with van der Waals surface area (Å²) in [6.45, 7) is 0.998. The van der Waals surface area contributed by atoms with Gasteiger partial charge in [0, 0.05) is 37.1 Å². The maximum absolute atomic E-state index is 12.6. The zero-order valence-electron chi connectivity index (χ0n) is 16.5. The second-order valence-electron chi connectivity index (χ2n) is 7.40. The number of sulfonamides is 1. The van der Waals surface area contributed by atoms with Gasteiger partial charge in [-0.05, 0) is 60.7 Å². The average molecular weight is 425 g/mol. The molecular weight excluding hydrogens is 400 g/mol. The van der Waals surface area contributed by atoms with E-state index in [1.54, 1.807) is 35.1 Å². The van der Waals surface area contributed by atoms with Crippen LogP contribution in [0, 0.1) is 0 Å². The molecule has 1 atom stereocenters. The molecule has 1 heterocycles. The predicted molar refractivity (Wildman–Crippen MR) is 114 cm³/mol. The topological polar surface area (TPSA) is 93.1 Å². The first-order valence-corrected chi connectivity index (χ1v) is 11.4. The molecule has 156 valence electrons. The van der Waals surface area contributed by atoms with Crippen LogP contribution in [0.3, 0.4) is 0 Å². The third-order valence-electron chi connectivity index (χ3n) is 5.21. The molecule has 8 heteroatoms. The molecule has 7 nitrogen and oxygen atoms in total. The second-order valence-corrected chi connectivity index (χ2v) is 9.16. The average Bonchev–Trinajstić information content (AvgIpc) is 3.40. The highest BCUT2D eigenvalue weighted by atomic mass is 32.2. The minimum absolute atomic E-state index is 0.0345. The van der Waals surface area contributed by atoms with Crippen LogP contribution in [0.5, 0.6) is 0 Å². The number of amides is 1. The van der Waals surface area contributed by atoms with E-state index in [1.165, 1.54) is 0 Å². The maximum Gasteiger partial charge on any atom is 0.251 e. The Morgan fingerprint density at radius 3 is 2.63 bits per heavy atom. The number of carbonyl (C=O) groups is 1. The van der Waals surface area contributed by atoms with Gasteiger partial charge in [0.25, 0.3) is 5.91 Å². The summed E-state index contributed by atoms with van der Waals surface area (Å²) in [7, 11) is -3.57. The molecule has 0 saturated carbocycles. The van der Waals surface area contributed by atoms with E-state index in [1.807, 2.05) is 36.5 Å². The monoisotopic (exact) mass is 424 g/mol. The van der Waals surface area contributed by atoms with Gasteiger partial charge in [-0.3, -0.25) is 9.48 Å². The number of carbonyl (C=O) groups excluding carboxylic acids is 1. The Kier molecular flexibility index (Phi) is 5.96. The van der Waals surface area contributed by atoms with Crippen molar-refractivity contribution in [2.24, 2.45) is 0 Å². The van der Waals surface area contributed by atoms with Gasteiger partial charge in [-0.25, -0.2) is 13.1 Å². The molecule has 4 rings (SSSR count). The van der Waals surface area contributed by atoms with E-state index in [0.717, 1.165) is 11.1 Å². The summed E-state index contributed by atoms with van der Waals surface area (Å²) in [5, 5.41) is 7.15. The minimum atomic E-state index is -3.57. The van der Waals surface area contributed by atoms with Crippen molar-refractivity contribution >= 4 is 15.9 Å². The van der Waals surface area contributed by atoms with E-state index in [0.29, 0.717) is 37.9 Å². The third-order valence-corrected chi connectivity index (χ3v) is 6.67. The van der Waals surface area contributed by atoms with E-state index in [2.05, 4.69) is 15.1 Å². The molecule has 0 radical (unpaired) electrons. The minimum Gasteiger partial charge on any atom is -0.349 e. The van der Waals surface area contributed by atoms with E-state index < -0.39 is 10.0 Å². The molecule has 2 aromatic carbocycles. The lowest BCUT2D eigenvalue weighted by Crippen LogP contribution is -2.35. The fraction of sp³-hybridized carbons (Fsp3) is 0.273. The lowest BCUT2D eigenvalue weighted by atomic mass is 10.1. The SMILES string of the molecule is O=C(NC1Cc2ccc(S(=O)(=O)NCCCn3cccn3)cc2C1)c1ccccc1. The molecule has 0 aliphatic heterocycles. The van der Waals surface area contributed by atoms with Crippen molar-refractivity contribution in [2.45, 2.75) is 36.7 Å². The van der Waals surface area contributed by atoms with Crippen LogP contribution in [-0.2, 0) is 29.4 Å². The Morgan fingerprint density at radius 1 is 1.07 bits per heavy atom. The molecule has 0 spiro atoms. The molecule has 30 heavy (non-hydrogen) atoms. The van der Waals surface area contributed by atoms with Gasteiger partial charge < -0.3 is 5.32 Å². The summed E-state index contributed by atoms with van der Waals surface area (Å²) in [4.78, 5) is 12.6. The van der Waals surface area contributed by atoms with Crippen LogP contribution in [-0.4, -0.2) is 36.7 Å². The number of nitrogens with one attached hydrogen (secondary N) is 2. The van der Waals surface area contributed by atoms with Gasteiger partial charge in [-0.1, -0.05) is 24.3 Å². The Bertz CT molecular complexity index is 1110. The van der Waals surface area contributed by atoms with Crippen LogP contribution >= 0.6 is 0 Å². The highest BCUT2D eigenvalue weighted by molar-refractivity contribution is 7.89. The molecule has 0 fully saturated rings. The molecule has 1 aromatic heterocycles. The Balaban J connectivity index is 1.34. The summed E-state index contributed by atoms with van der Waals surface area (Å²) in [5.41, 5.74) is 2.66. The van der Waals surface area contributed by atoms with Gasteiger partial charge in [0.2, 0.25) is 10.0 Å². The van der Waals surface area contributed by atoms with Crippen molar-refractivity contribution < 1.29 is 13.2 Å². The van der Waals surface area contributed by atoms with E-state index in [4.69, 9.17) is 0 Å². The molecule has 0 bridgehead atoms. The zero-order valence-corrected chi connectivity index (χ0v) is 17.3. The smallest absolute Gasteiger partial charge is 0.251 e. The van der Waals surface area contributed by atoms with E-state index in [-0.39, 0.29) is 16.8 Å². The maximum atomic E-state index is 12.6. The number of aryl methyl sites for hydroxylation is 1. The van der Waals surface area contributed by atoms with Gasteiger partial charge >= 0.3 is 0 Å². The fourth-order valence-electron chi connectivity index (χ4n) is 3.69. The number of hydrogen-bond acceptors (Lipinski definition) is 4. The molecular formula is C22H24N4O3S. The number of hydrogen-bond donors (Lipinski definition) is 2. The van der Waals surface area contributed by atoms with Crippen molar-refractivity contribution in [2.75, 3.05) is 6.54 Å². The molecule has 1 aliphatic carbocycles. The summed E-state index contributed by atoms with van der Waals surface area (Å²) < 4.78 is 29.7. The molecule has 2 N–H and O–H groups in total. The number of benzene rings is 2. The summed E-state index contributed by atoms with van der Waals surface area (Å²) >= 11 is 0. The van der Waals surface area contributed by atoms with Gasteiger partial charge in [-0.15, -0.1) is 0 Å². The van der Waals surface area contributed by atoms with Crippen LogP contribution in [0.15, 0.2) is 71.9 Å². The van der Waals surface area contributed by atoms with Crippen LogP contribution in [0.1, 0.15) is 27.9 Å². The number of aromatic nitrogens is 2. The molecule has 1 unspecified atom stereocenters. The van der Waals surface area contributed by atoms with Crippen molar-refractivity contribution in [3.8, 4) is 0 Å². The van der Waals surface area contributed by atoms with Crippen LogP contribution in [0.2, 0.25) is 0 Å². The number of rotatable bonds is 8. The second kappa shape index (κ2) is 8.81. The molecule has 0 saturated heterocycles. The van der Waals surface area contributed by atoms with Crippen LogP contribution in [0.4, 0.5) is 0 Å². The van der Waals surface area contributed by atoms with Gasteiger partial charge in [-0.2, -0.15) is 5.10 Å². The van der Waals surface area contributed by atoms with Crippen molar-refractivity contribution in [1.29, 1.82) is 0 Å². The van der Waals surface area contributed by atoms with Crippen LogP contribution in [0.25, 0.3) is 0 Å². The number of fused-ring (bicyclic) bond motifs is 1. The first-order valence-electron chi connectivity index (χ1n) is 9.96. The Labute approximate surface area is 176 Å². The largest absolute Gasteiger partial charge is 0.349 e. The molecule has 1 amide bonds.